The molecule has 2 heterocycles. The fraction of sp³-hybridized carbons (Fsp3) is 0.733. The van der Waals surface area contributed by atoms with Crippen molar-refractivity contribution in [2.75, 3.05) is 6.54 Å². The molecule has 1 aliphatic heterocycles. The second kappa shape index (κ2) is 5.87. The van der Waals surface area contributed by atoms with Crippen LogP contribution < -0.4 is 5.32 Å². The predicted molar refractivity (Wildman–Crippen MR) is 76.4 cm³/mol. The van der Waals surface area contributed by atoms with Gasteiger partial charge in [0.25, 0.3) is 0 Å². The van der Waals surface area contributed by atoms with E-state index in [1.165, 1.54) is 12.8 Å². The van der Waals surface area contributed by atoms with E-state index in [-0.39, 0.29) is 5.78 Å². The van der Waals surface area contributed by atoms with Gasteiger partial charge >= 0.3 is 0 Å². The van der Waals surface area contributed by atoms with Crippen LogP contribution in [0.4, 0.5) is 0 Å². The van der Waals surface area contributed by atoms with Crippen LogP contribution in [0, 0.1) is 19.8 Å². The highest BCUT2D eigenvalue weighted by Gasteiger charge is 2.25. The number of ketones is 1. The zero-order valence-corrected chi connectivity index (χ0v) is 12.5. The minimum atomic E-state index is 0.234. The Morgan fingerprint density at radius 1 is 1.47 bits per heavy atom. The van der Waals surface area contributed by atoms with E-state index < -0.39 is 0 Å². The molecule has 0 saturated carbocycles. The Morgan fingerprint density at radius 3 is 2.79 bits per heavy atom. The van der Waals surface area contributed by atoms with Crippen molar-refractivity contribution in [3.05, 3.63) is 17.0 Å². The van der Waals surface area contributed by atoms with Gasteiger partial charge in [-0.3, -0.25) is 9.48 Å². The number of hydrogen-bond donors (Lipinski definition) is 1. The van der Waals surface area contributed by atoms with Crippen molar-refractivity contribution in [2.45, 2.75) is 52.5 Å². The number of nitrogens with zero attached hydrogens (tertiary/aromatic N) is 2. The fourth-order valence-corrected chi connectivity index (χ4v) is 3.12. The second-order valence-electron chi connectivity index (χ2n) is 5.75. The summed E-state index contributed by atoms with van der Waals surface area (Å²) < 4.78 is 1.80. The summed E-state index contributed by atoms with van der Waals surface area (Å²) in [5.74, 6) is 1.01. The smallest absolute Gasteiger partial charge is 0.168 e. The average molecular weight is 263 g/mol. The number of hydrogen-bond acceptors (Lipinski definition) is 3. The first-order chi connectivity index (χ1) is 9.02. The zero-order chi connectivity index (χ0) is 14.0. The summed E-state index contributed by atoms with van der Waals surface area (Å²) in [5.41, 5.74) is 2.65. The van der Waals surface area contributed by atoms with Gasteiger partial charge in [-0.15, -0.1) is 0 Å². The van der Waals surface area contributed by atoms with Gasteiger partial charge in [-0.2, -0.15) is 5.10 Å². The van der Waals surface area contributed by atoms with Crippen molar-refractivity contribution in [1.29, 1.82) is 0 Å². The number of aromatic nitrogens is 2. The van der Waals surface area contributed by atoms with Crippen LogP contribution in [0.3, 0.4) is 0 Å². The Labute approximate surface area is 115 Å². The van der Waals surface area contributed by atoms with Gasteiger partial charge in [0.15, 0.2) is 5.78 Å². The van der Waals surface area contributed by atoms with Gasteiger partial charge in [0.2, 0.25) is 0 Å². The molecule has 2 rings (SSSR count). The number of aryl methyl sites for hydroxylation is 2. The quantitative estimate of drug-likeness (QED) is 0.848. The van der Waals surface area contributed by atoms with E-state index in [1.807, 2.05) is 20.9 Å². The first-order valence-electron chi connectivity index (χ1n) is 7.29. The molecule has 1 aromatic heterocycles. The van der Waals surface area contributed by atoms with Crippen molar-refractivity contribution in [1.82, 2.24) is 15.1 Å². The molecule has 4 nitrogen and oxygen atoms in total. The van der Waals surface area contributed by atoms with Crippen LogP contribution in [0.1, 0.15) is 54.4 Å². The van der Waals surface area contributed by atoms with Crippen LogP contribution in [0.2, 0.25) is 0 Å². The highest BCUT2D eigenvalue weighted by atomic mass is 16.1. The molecule has 1 aromatic rings. The monoisotopic (exact) mass is 263 g/mol. The third-order valence-electron chi connectivity index (χ3n) is 4.40. The molecule has 19 heavy (non-hydrogen) atoms. The minimum Gasteiger partial charge on any atom is -0.314 e. The maximum Gasteiger partial charge on any atom is 0.168 e. The molecule has 1 saturated heterocycles. The van der Waals surface area contributed by atoms with Crippen LogP contribution in [0.25, 0.3) is 0 Å². The van der Waals surface area contributed by atoms with E-state index in [9.17, 15) is 4.79 Å². The molecular weight excluding hydrogens is 238 g/mol. The van der Waals surface area contributed by atoms with Crippen molar-refractivity contribution < 1.29 is 4.79 Å². The van der Waals surface area contributed by atoms with Crippen LogP contribution in [-0.2, 0) is 7.05 Å². The number of Topliss-reactive ketones (excluding diaryl/α,β-unsaturated/α-hetero) is 1. The molecule has 0 spiro atoms. The van der Waals surface area contributed by atoms with Gasteiger partial charge in [-0.05, 0) is 39.2 Å². The molecular formula is C15H25N3O. The molecule has 106 valence electrons. The molecule has 2 atom stereocenters. The van der Waals surface area contributed by atoms with Gasteiger partial charge in [0.1, 0.15) is 0 Å². The van der Waals surface area contributed by atoms with Gasteiger partial charge in [-0.25, -0.2) is 0 Å². The van der Waals surface area contributed by atoms with Gasteiger partial charge < -0.3 is 5.32 Å². The van der Waals surface area contributed by atoms with Crippen molar-refractivity contribution in [2.24, 2.45) is 13.0 Å². The van der Waals surface area contributed by atoms with Crippen molar-refractivity contribution >= 4 is 5.78 Å². The van der Waals surface area contributed by atoms with E-state index in [1.54, 1.807) is 4.68 Å². The Morgan fingerprint density at radius 2 is 2.21 bits per heavy atom. The highest BCUT2D eigenvalue weighted by Crippen LogP contribution is 2.23. The fourth-order valence-electron chi connectivity index (χ4n) is 3.12. The van der Waals surface area contributed by atoms with Crippen LogP contribution in [-0.4, -0.2) is 28.2 Å². The maximum atomic E-state index is 12.5. The summed E-state index contributed by atoms with van der Waals surface area (Å²) in [6.07, 6.45) is 4.19. The van der Waals surface area contributed by atoms with E-state index in [0.29, 0.717) is 12.5 Å². The third kappa shape index (κ3) is 3.06. The second-order valence-corrected chi connectivity index (χ2v) is 5.75. The molecule has 2 unspecified atom stereocenters. The number of carbonyl (C=O) groups is 1. The molecule has 1 N–H and O–H groups in total. The Hall–Kier alpha value is -1.16. The summed E-state index contributed by atoms with van der Waals surface area (Å²) in [5, 5.41) is 7.81. The number of carbonyl (C=O) groups excluding carboxylic acids is 1. The standard InChI is InChI=1S/C15H25N3O/c1-5-12-6-7-16-13(8-12)9-14(19)15-10(2)17-18(4)11(15)3/h12-13,16H,5-9H2,1-4H3. The van der Waals surface area contributed by atoms with Gasteiger partial charge in [-0.1, -0.05) is 13.3 Å². The van der Waals surface area contributed by atoms with Crippen molar-refractivity contribution in [3.63, 3.8) is 0 Å². The van der Waals surface area contributed by atoms with Crippen LogP contribution in [0.5, 0.6) is 0 Å². The summed E-state index contributed by atoms with van der Waals surface area (Å²) in [6, 6.07) is 0.338. The first kappa shape index (κ1) is 14.3. The topological polar surface area (TPSA) is 46.9 Å². The Balaban J connectivity index is 2.04. The molecule has 0 radical (unpaired) electrons. The average Bonchev–Trinajstić information content (AvgIpc) is 2.63. The molecule has 0 bridgehead atoms. The highest BCUT2D eigenvalue weighted by molar-refractivity contribution is 5.98. The lowest BCUT2D eigenvalue weighted by molar-refractivity contribution is 0.0956. The molecule has 1 fully saturated rings. The Bertz CT molecular complexity index is 464. The van der Waals surface area contributed by atoms with Crippen molar-refractivity contribution in [3.8, 4) is 0 Å². The van der Waals surface area contributed by atoms with Gasteiger partial charge in [0, 0.05) is 25.2 Å². The molecule has 1 aliphatic rings. The van der Waals surface area contributed by atoms with E-state index in [4.69, 9.17) is 0 Å². The van der Waals surface area contributed by atoms with Crippen LogP contribution in [0.15, 0.2) is 0 Å². The number of nitrogens with one attached hydrogen (secondary N) is 1. The lowest BCUT2D eigenvalue weighted by Gasteiger charge is -2.29. The first-order valence-corrected chi connectivity index (χ1v) is 7.29. The Kier molecular flexibility index (Phi) is 4.40. The van der Waals surface area contributed by atoms with Crippen LogP contribution >= 0.6 is 0 Å². The molecule has 0 aromatic carbocycles. The predicted octanol–water partition coefficient (Wildman–Crippen LogP) is 2.39. The van der Waals surface area contributed by atoms with E-state index >= 15 is 0 Å². The lowest BCUT2D eigenvalue weighted by Crippen LogP contribution is -2.39. The summed E-state index contributed by atoms with van der Waals surface area (Å²) in [7, 11) is 1.89. The minimum absolute atomic E-state index is 0.234. The SMILES string of the molecule is CCC1CCNC(CC(=O)c2c(C)nn(C)c2C)C1. The van der Waals surface area contributed by atoms with E-state index in [0.717, 1.165) is 35.8 Å². The maximum absolute atomic E-state index is 12.5. The molecule has 0 amide bonds. The number of rotatable bonds is 4. The molecule has 4 heteroatoms. The summed E-state index contributed by atoms with van der Waals surface area (Å²) in [6.45, 7) is 7.17. The third-order valence-corrected chi connectivity index (χ3v) is 4.40. The zero-order valence-electron chi connectivity index (χ0n) is 12.5. The number of piperidine rings is 1. The summed E-state index contributed by atoms with van der Waals surface area (Å²) >= 11 is 0. The largest absolute Gasteiger partial charge is 0.314 e. The van der Waals surface area contributed by atoms with E-state index in [2.05, 4.69) is 17.3 Å². The normalized spacial score (nSPS) is 23.6. The molecule has 0 aliphatic carbocycles. The summed E-state index contributed by atoms with van der Waals surface area (Å²) in [4.78, 5) is 12.5. The van der Waals surface area contributed by atoms with Gasteiger partial charge in [0.05, 0.1) is 11.3 Å². The lowest BCUT2D eigenvalue weighted by atomic mass is 9.87.